The Morgan fingerprint density at radius 3 is 2.73 bits per heavy atom. The molecule has 60 valence electrons. The number of rotatable bonds is 1. The van der Waals surface area contributed by atoms with Crippen molar-refractivity contribution < 1.29 is 0 Å². The highest BCUT2D eigenvalue weighted by atomic mass is 35.5. The Bertz CT molecular complexity index is 236. The van der Waals surface area contributed by atoms with E-state index in [2.05, 4.69) is 0 Å². The fraction of sp³-hybridized carbons (Fsp3) is 0.250. The fourth-order valence-corrected chi connectivity index (χ4v) is 1.64. The minimum atomic E-state index is 0.462. The topological polar surface area (TPSA) is 0 Å². The number of hydrogen-bond donors (Lipinski definition) is 0. The van der Waals surface area contributed by atoms with E-state index in [4.69, 9.17) is 34.8 Å². The first kappa shape index (κ1) is 9.18. The van der Waals surface area contributed by atoms with Crippen LogP contribution >= 0.6 is 34.8 Å². The Hall–Kier alpha value is 0.0900. The minimum Gasteiger partial charge on any atom is -0.122 e. The van der Waals surface area contributed by atoms with Crippen LogP contribution in [0.3, 0.4) is 0 Å². The van der Waals surface area contributed by atoms with E-state index in [0.717, 1.165) is 12.0 Å². The van der Waals surface area contributed by atoms with Crippen molar-refractivity contribution in [2.75, 3.05) is 5.88 Å². The number of halogens is 3. The Kier molecular flexibility index (Phi) is 3.50. The molecule has 0 aliphatic heterocycles. The summed E-state index contributed by atoms with van der Waals surface area (Å²) in [4.78, 5) is 0. The molecule has 11 heavy (non-hydrogen) atoms. The molecular weight excluding hydrogens is 202 g/mol. The summed E-state index contributed by atoms with van der Waals surface area (Å²) in [6, 6.07) is 0. The van der Waals surface area contributed by atoms with Crippen LogP contribution in [-0.2, 0) is 0 Å². The molecule has 0 saturated heterocycles. The lowest BCUT2D eigenvalue weighted by Gasteiger charge is -1.98. The first-order chi connectivity index (χ1) is 5.24. The van der Waals surface area contributed by atoms with Gasteiger partial charge in [-0.25, -0.2) is 0 Å². The third kappa shape index (κ3) is 2.55. The van der Waals surface area contributed by atoms with Crippen molar-refractivity contribution in [2.45, 2.75) is 6.42 Å². The van der Waals surface area contributed by atoms with Crippen molar-refractivity contribution in [1.29, 1.82) is 0 Å². The number of alkyl halides is 1. The molecule has 0 amide bonds. The standard InChI is InChI=1S/C8H7Cl3/c9-5-6-2-1-3-7(10)4-8(6)11/h1,3-4H,2,5H2. The predicted molar refractivity (Wildman–Crippen MR) is 51.3 cm³/mol. The highest BCUT2D eigenvalue weighted by Gasteiger charge is 2.03. The largest absolute Gasteiger partial charge is 0.122 e. The third-order valence-corrected chi connectivity index (χ3v) is 2.34. The highest BCUT2D eigenvalue weighted by molar-refractivity contribution is 6.36. The average molecular weight is 210 g/mol. The van der Waals surface area contributed by atoms with Crippen LogP contribution in [0, 0.1) is 0 Å². The van der Waals surface area contributed by atoms with Crippen molar-refractivity contribution in [1.82, 2.24) is 0 Å². The predicted octanol–water partition coefficient (Wildman–Crippen LogP) is 3.80. The van der Waals surface area contributed by atoms with Gasteiger partial charge >= 0.3 is 0 Å². The van der Waals surface area contributed by atoms with Crippen LogP contribution in [0.2, 0.25) is 0 Å². The van der Waals surface area contributed by atoms with Gasteiger partial charge in [0, 0.05) is 15.9 Å². The maximum atomic E-state index is 5.88. The lowest BCUT2D eigenvalue weighted by Crippen LogP contribution is -1.83. The second-order valence-corrected chi connectivity index (χ2v) is 3.33. The molecule has 1 aliphatic carbocycles. The average Bonchev–Trinajstić information content (AvgIpc) is 2.11. The molecule has 3 heteroatoms. The van der Waals surface area contributed by atoms with Gasteiger partial charge < -0.3 is 0 Å². The van der Waals surface area contributed by atoms with Crippen molar-refractivity contribution in [2.24, 2.45) is 0 Å². The smallest absolute Gasteiger partial charge is 0.0454 e. The first-order valence-electron chi connectivity index (χ1n) is 3.21. The zero-order valence-electron chi connectivity index (χ0n) is 5.78. The van der Waals surface area contributed by atoms with Crippen LogP contribution in [0.4, 0.5) is 0 Å². The first-order valence-corrected chi connectivity index (χ1v) is 4.50. The van der Waals surface area contributed by atoms with Crippen LogP contribution in [-0.4, -0.2) is 5.88 Å². The summed E-state index contributed by atoms with van der Waals surface area (Å²) < 4.78 is 0. The second-order valence-electron chi connectivity index (χ2n) is 2.22. The van der Waals surface area contributed by atoms with E-state index in [1.165, 1.54) is 0 Å². The maximum Gasteiger partial charge on any atom is 0.0454 e. The van der Waals surface area contributed by atoms with E-state index in [-0.39, 0.29) is 0 Å². The summed E-state index contributed by atoms with van der Waals surface area (Å²) in [6.07, 6.45) is 6.27. The molecule has 0 N–H and O–H groups in total. The van der Waals surface area contributed by atoms with Gasteiger partial charge in [-0.2, -0.15) is 0 Å². The molecule has 0 saturated carbocycles. The van der Waals surface area contributed by atoms with Crippen molar-refractivity contribution >= 4 is 34.8 Å². The lowest BCUT2D eigenvalue weighted by molar-refractivity contribution is 1.22. The SMILES string of the molecule is ClCC1=C(Cl)C=C(Cl)C=CC1. The Labute approximate surface area is 81.1 Å². The molecule has 1 aliphatic rings. The fourth-order valence-electron chi connectivity index (χ4n) is 0.801. The van der Waals surface area contributed by atoms with Crippen LogP contribution in [0.25, 0.3) is 0 Å². The molecule has 0 aromatic heterocycles. The molecule has 1 rings (SSSR count). The van der Waals surface area contributed by atoms with Gasteiger partial charge in [0.15, 0.2) is 0 Å². The van der Waals surface area contributed by atoms with E-state index < -0.39 is 0 Å². The van der Waals surface area contributed by atoms with E-state index in [1.54, 1.807) is 6.08 Å². The van der Waals surface area contributed by atoms with Crippen LogP contribution in [0.5, 0.6) is 0 Å². The van der Waals surface area contributed by atoms with Gasteiger partial charge in [0.25, 0.3) is 0 Å². The molecule has 0 heterocycles. The van der Waals surface area contributed by atoms with Crippen molar-refractivity contribution in [3.63, 3.8) is 0 Å². The number of hydrogen-bond acceptors (Lipinski definition) is 0. The van der Waals surface area contributed by atoms with Crippen molar-refractivity contribution in [3.05, 3.63) is 33.9 Å². The maximum absolute atomic E-state index is 5.88. The van der Waals surface area contributed by atoms with Gasteiger partial charge in [0.1, 0.15) is 0 Å². The van der Waals surface area contributed by atoms with E-state index >= 15 is 0 Å². The van der Waals surface area contributed by atoms with Crippen LogP contribution in [0.1, 0.15) is 6.42 Å². The Balaban J connectivity index is 2.93. The summed E-state index contributed by atoms with van der Waals surface area (Å²) in [5, 5.41) is 1.31. The van der Waals surface area contributed by atoms with Crippen LogP contribution < -0.4 is 0 Å². The molecule has 0 nitrogen and oxygen atoms in total. The normalized spacial score (nSPS) is 18.3. The van der Waals surface area contributed by atoms with Gasteiger partial charge in [-0.3, -0.25) is 0 Å². The zero-order valence-corrected chi connectivity index (χ0v) is 8.05. The molecule has 0 fully saturated rings. The lowest BCUT2D eigenvalue weighted by atomic mass is 10.2. The van der Waals surface area contributed by atoms with Gasteiger partial charge in [0.05, 0.1) is 0 Å². The summed E-state index contributed by atoms with van der Waals surface area (Å²) in [7, 11) is 0. The summed E-state index contributed by atoms with van der Waals surface area (Å²) in [6.45, 7) is 0. The quantitative estimate of drug-likeness (QED) is 0.576. The zero-order chi connectivity index (χ0) is 8.27. The summed E-state index contributed by atoms with van der Waals surface area (Å²) >= 11 is 17.3. The number of allylic oxidation sites excluding steroid dienone is 6. The minimum absolute atomic E-state index is 0.462. The third-order valence-electron chi connectivity index (χ3n) is 1.40. The molecule has 0 atom stereocenters. The monoisotopic (exact) mass is 208 g/mol. The molecule has 0 unspecified atom stereocenters. The van der Waals surface area contributed by atoms with Gasteiger partial charge in [-0.15, -0.1) is 11.6 Å². The Morgan fingerprint density at radius 2 is 2.09 bits per heavy atom. The molecule has 0 aromatic rings. The van der Waals surface area contributed by atoms with Gasteiger partial charge in [-0.1, -0.05) is 29.3 Å². The van der Waals surface area contributed by atoms with E-state index in [9.17, 15) is 0 Å². The summed E-state index contributed by atoms with van der Waals surface area (Å²) in [5.41, 5.74) is 1.01. The van der Waals surface area contributed by atoms with E-state index in [0.29, 0.717) is 15.9 Å². The highest BCUT2D eigenvalue weighted by Crippen LogP contribution is 2.23. The molecule has 0 aromatic carbocycles. The molecular formula is C8H7Cl3. The molecule has 0 spiro atoms. The molecule has 0 radical (unpaired) electrons. The molecule has 0 bridgehead atoms. The Morgan fingerprint density at radius 1 is 1.36 bits per heavy atom. The van der Waals surface area contributed by atoms with E-state index in [1.807, 2.05) is 12.2 Å². The summed E-state index contributed by atoms with van der Waals surface area (Å²) in [5.74, 6) is 0.462. The van der Waals surface area contributed by atoms with Gasteiger partial charge in [0.2, 0.25) is 0 Å². The van der Waals surface area contributed by atoms with Gasteiger partial charge in [-0.05, 0) is 24.1 Å². The van der Waals surface area contributed by atoms with Crippen LogP contribution in [0.15, 0.2) is 33.9 Å². The second kappa shape index (κ2) is 4.20. The van der Waals surface area contributed by atoms with Crippen molar-refractivity contribution in [3.8, 4) is 0 Å².